The lowest BCUT2D eigenvalue weighted by molar-refractivity contribution is 0.231. The van der Waals surface area contributed by atoms with E-state index in [2.05, 4.69) is 9.88 Å². The van der Waals surface area contributed by atoms with Crippen LogP contribution in [0.25, 0.3) is 0 Å². The van der Waals surface area contributed by atoms with Crippen LogP contribution in [0.1, 0.15) is 24.1 Å². The Hall–Kier alpha value is -1.20. The molecule has 0 aromatic carbocycles. The van der Waals surface area contributed by atoms with Crippen molar-refractivity contribution >= 4 is 17.2 Å². The monoisotopic (exact) mass is 265 g/mol. The lowest BCUT2D eigenvalue weighted by Crippen LogP contribution is -2.25. The Balaban J connectivity index is 1.89. The molecular formula is C13H19N3OS. The second kappa shape index (κ2) is 6.11. The van der Waals surface area contributed by atoms with Crippen LogP contribution in [0.5, 0.6) is 5.88 Å². The first-order chi connectivity index (χ1) is 8.65. The van der Waals surface area contributed by atoms with E-state index in [1.165, 1.54) is 25.9 Å². The Labute approximate surface area is 113 Å². The van der Waals surface area contributed by atoms with E-state index in [0.29, 0.717) is 17.5 Å². The first-order valence-electron chi connectivity index (χ1n) is 6.29. The van der Waals surface area contributed by atoms with Crippen LogP contribution in [0, 0.1) is 6.92 Å². The van der Waals surface area contributed by atoms with E-state index >= 15 is 0 Å². The molecule has 1 fully saturated rings. The molecule has 0 saturated carbocycles. The highest BCUT2D eigenvalue weighted by Crippen LogP contribution is 2.13. The van der Waals surface area contributed by atoms with Crippen LogP contribution >= 0.6 is 12.2 Å². The predicted octanol–water partition coefficient (Wildman–Crippen LogP) is 1.50. The molecule has 0 amide bonds. The minimum absolute atomic E-state index is 0.380. The molecular weight excluding hydrogens is 246 g/mol. The topological polar surface area (TPSA) is 51.4 Å². The van der Waals surface area contributed by atoms with Crippen molar-refractivity contribution in [1.82, 2.24) is 9.88 Å². The second-order valence-corrected chi connectivity index (χ2v) is 5.04. The molecule has 0 aliphatic carbocycles. The van der Waals surface area contributed by atoms with Crippen molar-refractivity contribution in [2.75, 3.05) is 26.2 Å². The SMILES string of the molecule is Cc1cc(C(N)=S)cc(OCCN2CCCC2)n1. The van der Waals surface area contributed by atoms with Gasteiger partial charge in [-0.05, 0) is 38.9 Å². The largest absolute Gasteiger partial charge is 0.476 e. The van der Waals surface area contributed by atoms with E-state index in [0.717, 1.165) is 17.8 Å². The van der Waals surface area contributed by atoms with E-state index < -0.39 is 0 Å². The summed E-state index contributed by atoms with van der Waals surface area (Å²) in [6, 6.07) is 3.68. The third-order valence-electron chi connectivity index (χ3n) is 3.07. The predicted molar refractivity (Wildman–Crippen MR) is 76.0 cm³/mol. The van der Waals surface area contributed by atoms with Gasteiger partial charge in [0.2, 0.25) is 5.88 Å². The zero-order chi connectivity index (χ0) is 13.0. The smallest absolute Gasteiger partial charge is 0.214 e. The van der Waals surface area contributed by atoms with Crippen molar-refractivity contribution in [3.05, 3.63) is 23.4 Å². The highest BCUT2D eigenvalue weighted by molar-refractivity contribution is 7.80. The van der Waals surface area contributed by atoms with Gasteiger partial charge >= 0.3 is 0 Å². The molecule has 0 atom stereocenters. The van der Waals surface area contributed by atoms with Crippen molar-refractivity contribution < 1.29 is 4.74 Å². The molecule has 4 nitrogen and oxygen atoms in total. The summed E-state index contributed by atoms with van der Waals surface area (Å²) in [5, 5.41) is 0. The fourth-order valence-electron chi connectivity index (χ4n) is 2.14. The molecule has 18 heavy (non-hydrogen) atoms. The van der Waals surface area contributed by atoms with Crippen LogP contribution in [0.2, 0.25) is 0 Å². The quantitative estimate of drug-likeness (QED) is 0.818. The van der Waals surface area contributed by atoms with Crippen molar-refractivity contribution in [3.63, 3.8) is 0 Å². The summed E-state index contributed by atoms with van der Waals surface area (Å²) in [7, 11) is 0. The molecule has 1 saturated heterocycles. The summed E-state index contributed by atoms with van der Waals surface area (Å²) >= 11 is 4.97. The standard InChI is InChI=1S/C13H19N3OS/c1-10-8-11(13(14)18)9-12(15-10)17-7-6-16-4-2-3-5-16/h8-9H,2-7H2,1H3,(H2,14,18). The van der Waals surface area contributed by atoms with E-state index in [9.17, 15) is 0 Å². The van der Waals surface area contributed by atoms with Crippen LogP contribution in [-0.4, -0.2) is 41.1 Å². The van der Waals surface area contributed by atoms with Gasteiger partial charge in [-0.3, -0.25) is 4.90 Å². The number of aryl methyl sites for hydroxylation is 1. The molecule has 5 heteroatoms. The van der Waals surface area contributed by atoms with Gasteiger partial charge < -0.3 is 10.5 Å². The van der Waals surface area contributed by atoms with Crippen LogP contribution in [0.3, 0.4) is 0 Å². The number of hydrogen-bond acceptors (Lipinski definition) is 4. The molecule has 0 spiro atoms. The summed E-state index contributed by atoms with van der Waals surface area (Å²) in [6.07, 6.45) is 2.60. The second-order valence-electron chi connectivity index (χ2n) is 4.60. The average molecular weight is 265 g/mol. The van der Waals surface area contributed by atoms with E-state index in [1.54, 1.807) is 6.07 Å². The number of nitrogens with two attached hydrogens (primary N) is 1. The number of hydrogen-bond donors (Lipinski definition) is 1. The third kappa shape index (κ3) is 3.65. The summed E-state index contributed by atoms with van der Waals surface area (Å²) in [5.74, 6) is 0.608. The van der Waals surface area contributed by atoms with Crippen LogP contribution in [0.4, 0.5) is 0 Å². The molecule has 1 aliphatic rings. The fourth-order valence-corrected chi connectivity index (χ4v) is 2.26. The molecule has 2 heterocycles. The number of thiocarbonyl (C=S) groups is 1. The first-order valence-corrected chi connectivity index (χ1v) is 6.69. The van der Waals surface area contributed by atoms with E-state index in [4.69, 9.17) is 22.7 Å². The van der Waals surface area contributed by atoms with Crippen molar-refractivity contribution in [1.29, 1.82) is 0 Å². The summed E-state index contributed by atoms with van der Waals surface area (Å²) in [5.41, 5.74) is 7.30. The Bertz CT molecular complexity index is 430. The molecule has 0 unspecified atom stereocenters. The van der Waals surface area contributed by atoms with E-state index in [-0.39, 0.29) is 0 Å². The number of pyridine rings is 1. The third-order valence-corrected chi connectivity index (χ3v) is 3.31. The molecule has 2 N–H and O–H groups in total. The molecule has 1 aliphatic heterocycles. The first kappa shape index (κ1) is 13.2. The average Bonchev–Trinajstić information content (AvgIpc) is 2.81. The Morgan fingerprint density at radius 2 is 2.17 bits per heavy atom. The van der Waals surface area contributed by atoms with Gasteiger partial charge in [0.05, 0.1) is 0 Å². The maximum absolute atomic E-state index is 5.67. The molecule has 1 aromatic heterocycles. The Morgan fingerprint density at radius 1 is 1.44 bits per heavy atom. The van der Waals surface area contributed by atoms with Gasteiger partial charge in [0.25, 0.3) is 0 Å². The number of nitrogens with zero attached hydrogens (tertiary/aromatic N) is 2. The molecule has 0 radical (unpaired) electrons. The minimum atomic E-state index is 0.380. The van der Waals surface area contributed by atoms with Crippen molar-refractivity contribution in [3.8, 4) is 5.88 Å². The molecule has 1 aromatic rings. The summed E-state index contributed by atoms with van der Waals surface area (Å²) < 4.78 is 5.67. The zero-order valence-electron chi connectivity index (χ0n) is 10.7. The zero-order valence-corrected chi connectivity index (χ0v) is 11.5. The highest BCUT2D eigenvalue weighted by atomic mass is 32.1. The Morgan fingerprint density at radius 3 is 2.83 bits per heavy atom. The van der Waals surface area contributed by atoms with Crippen LogP contribution in [-0.2, 0) is 0 Å². The van der Waals surface area contributed by atoms with Gasteiger partial charge in [0.1, 0.15) is 11.6 Å². The number of rotatable bonds is 5. The summed E-state index contributed by atoms with van der Waals surface area (Å²) in [6.45, 7) is 5.89. The number of aromatic nitrogens is 1. The fraction of sp³-hybridized carbons (Fsp3) is 0.538. The molecule has 98 valence electrons. The van der Waals surface area contributed by atoms with E-state index in [1.807, 2.05) is 13.0 Å². The minimum Gasteiger partial charge on any atom is -0.476 e. The Kier molecular flexibility index (Phi) is 4.49. The number of likely N-dealkylation sites (tertiary alicyclic amines) is 1. The maximum atomic E-state index is 5.67. The van der Waals surface area contributed by atoms with Gasteiger partial charge in [0.15, 0.2) is 0 Å². The van der Waals surface area contributed by atoms with Gasteiger partial charge in [-0.15, -0.1) is 0 Å². The normalized spacial score (nSPS) is 15.8. The van der Waals surface area contributed by atoms with Crippen LogP contribution in [0.15, 0.2) is 12.1 Å². The van der Waals surface area contributed by atoms with Crippen LogP contribution < -0.4 is 10.5 Å². The highest BCUT2D eigenvalue weighted by Gasteiger charge is 2.11. The maximum Gasteiger partial charge on any atom is 0.214 e. The van der Waals surface area contributed by atoms with Gasteiger partial charge in [-0.1, -0.05) is 12.2 Å². The van der Waals surface area contributed by atoms with Crippen molar-refractivity contribution in [2.24, 2.45) is 5.73 Å². The number of ether oxygens (including phenoxy) is 1. The van der Waals surface area contributed by atoms with Gasteiger partial charge in [0, 0.05) is 23.9 Å². The molecule has 2 rings (SSSR count). The van der Waals surface area contributed by atoms with Gasteiger partial charge in [-0.25, -0.2) is 4.98 Å². The lowest BCUT2D eigenvalue weighted by Gasteiger charge is -2.15. The van der Waals surface area contributed by atoms with Gasteiger partial charge in [-0.2, -0.15) is 0 Å². The molecule has 0 bridgehead atoms. The summed E-state index contributed by atoms with van der Waals surface area (Å²) in [4.78, 5) is 7.11. The van der Waals surface area contributed by atoms with Crippen molar-refractivity contribution in [2.45, 2.75) is 19.8 Å². The lowest BCUT2D eigenvalue weighted by atomic mass is 10.2.